The fourth-order valence-electron chi connectivity index (χ4n) is 2.00. The van der Waals surface area contributed by atoms with E-state index < -0.39 is 16.8 Å². The molecule has 0 fully saturated rings. The highest BCUT2D eigenvalue weighted by atomic mass is 32.2. The molecule has 0 bridgehead atoms. The van der Waals surface area contributed by atoms with Crippen LogP contribution in [0.2, 0.25) is 0 Å². The van der Waals surface area contributed by atoms with Crippen LogP contribution in [0, 0.1) is 6.92 Å². The van der Waals surface area contributed by atoms with Gasteiger partial charge in [-0.15, -0.1) is 0 Å². The highest BCUT2D eigenvalue weighted by Gasteiger charge is 2.13. The minimum atomic E-state index is -1.28. The van der Waals surface area contributed by atoms with Crippen LogP contribution >= 0.6 is 0 Å². The van der Waals surface area contributed by atoms with Crippen LogP contribution < -0.4 is 11.1 Å². The molecule has 2 aromatic rings. The molecule has 0 saturated carbocycles. The molecule has 1 amide bonds. The molecular weight excluding hydrogens is 296 g/mol. The number of aryl methyl sites for hydroxylation is 1. The van der Waals surface area contributed by atoms with Gasteiger partial charge >= 0.3 is 0 Å². The van der Waals surface area contributed by atoms with Gasteiger partial charge in [0, 0.05) is 15.5 Å². The number of hydrogen-bond acceptors (Lipinski definition) is 3. The third-order valence-corrected chi connectivity index (χ3v) is 4.93. The van der Waals surface area contributed by atoms with Crippen LogP contribution in [-0.2, 0) is 15.6 Å². The second-order valence-electron chi connectivity index (χ2n) is 5.07. The molecule has 5 heteroatoms. The molecule has 0 heterocycles. The van der Waals surface area contributed by atoms with E-state index in [4.69, 9.17) is 5.73 Å². The Morgan fingerprint density at radius 2 is 1.95 bits per heavy atom. The van der Waals surface area contributed by atoms with Crippen molar-refractivity contribution in [3.63, 3.8) is 0 Å². The van der Waals surface area contributed by atoms with Gasteiger partial charge in [-0.3, -0.25) is 4.79 Å². The fourth-order valence-corrected chi connectivity index (χ4v) is 3.25. The maximum Gasteiger partial charge on any atom is 0.241 e. The summed E-state index contributed by atoms with van der Waals surface area (Å²) in [5, 5.41) is 2.76. The van der Waals surface area contributed by atoms with E-state index in [2.05, 4.69) is 5.32 Å². The summed E-state index contributed by atoms with van der Waals surface area (Å²) in [6.45, 7) is 3.78. The second-order valence-corrected chi connectivity index (χ2v) is 6.51. The van der Waals surface area contributed by atoms with Crippen LogP contribution in [-0.4, -0.2) is 16.2 Å². The van der Waals surface area contributed by atoms with Crippen LogP contribution in [0.25, 0.3) is 0 Å². The Morgan fingerprint density at radius 3 is 2.64 bits per heavy atom. The lowest BCUT2D eigenvalue weighted by Crippen LogP contribution is -2.34. The van der Waals surface area contributed by atoms with E-state index in [-0.39, 0.29) is 5.91 Å². The molecule has 0 aliphatic rings. The van der Waals surface area contributed by atoms with Crippen LogP contribution in [0.1, 0.15) is 18.9 Å². The molecule has 0 aromatic heterocycles. The van der Waals surface area contributed by atoms with Gasteiger partial charge in [0.15, 0.2) is 0 Å². The molecule has 2 aromatic carbocycles. The Balaban J connectivity index is 2.23. The number of hydrogen-bond donors (Lipinski definition) is 2. The Bertz CT molecular complexity index is 701. The maximum absolute atomic E-state index is 12.7. The van der Waals surface area contributed by atoms with Gasteiger partial charge < -0.3 is 11.1 Å². The van der Waals surface area contributed by atoms with Gasteiger partial charge in [-0.2, -0.15) is 0 Å². The highest BCUT2D eigenvalue weighted by molar-refractivity contribution is 7.85. The quantitative estimate of drug-likeness (QED) is 0.891. The maximum atomic E-state index is 12.7. The van der Waals surface area contributed by atoms with Gasteiger partial charge in [-0.25, -0.2) is 4.21 Å². The van der Waals surface area contributed by atoms with E-state index in [0.29, 0.717) is 17.0 Å². The average Bonchev–Trinajstić information content (AvgIpc) is 2.54. The minimum absolute atomic E-state index is 0.235. The highest BCUT2D eigenvalue weighted by Crippen LogP contribution is 2.22. The van der Waals surface area contributed by atoms with Crippen molar-refractivity contribution in [1.82, 2.24) is 0 Å². The first-order chi connectivity index (χ1) is 10.5. The van der Waals surface area contributed by atoms with Crippen LogP contribution in [0.5, 0.6) is 0 Å². The SMILES string of the molecule is CCC(N)C(=O)Nc1cccc(S(=O)c2ccccc2C)c1. The lowest BCUT2D eigenvalue weighted by molar-refractivity contribution is -0.117. The number of nitrogens with one attached hydrogen (secondary N) is 1. The summed E-state index contributed by atoms with van der Waals surface area (Å²) in [4.78, 5) is 13.3. The molecular formula is C17H20N2O2S. The average molecular weight is 316 g/mol. The molecule has 0 aliphatic heterocycles. The van der Waals surface area contributed by atoms with E-state index in [0.717, 1.165) is 10.5 Å². The van der Waals surface area contributed by atoms with Crippen LogP contribution in [0.3, 0.4) is 0 Å². The predicted octanol–water partition coefficient (Wildman–Crippen LogP) is 2.84. The fraction of sp³-hybridized carbons (Fsp3) is 0.235. The Morgan fingerprint density at radius 1 is 1.23 bits per heavy atom. The van der Waals surface area contributed by atoms with Crippen molar-refractivity contribution in [3.05, 3.63) is 54.1 Å². The van der Waals surface area contributed by atoms with E-state index in [1.807, 2.05) is 38.1 Å². The number of rotatable bonds is 5. The van der Waals surface area contributed by atoms with Crippen molar-refractivity contribution in [3.8, 4) is 0 Å². The summed E-state index contributed by atoms with van der Waals surface area (Å²) >= 11 is 0. The zero-order valence-corrected chi connectivity index (χ0v) is 13.5. The number of anilines is 1. The zero-order chi connectivity index (χ0) is 16.1. The Labute approximate surface area is 133 Å². The second kappa shape index (κ2) is 7.33. The third-order valence-electron chi connectivity index (χ3n) is 3.39. The molecule has 2 atom stereocenters. The lowest BCUT2D eigenvalue weighted by atomic mass is 10.2. The van der Waals surface area contributed by atoms with Crippen LogP contribution in [0.15, 0.2) is 58.3 Å². The molecule has 0 saturated heterocycles. The normalized spacial score (nSPS) is 13.4. The van der Waals surface area contributed by atoms with Gasteiger partial charge in [-0.1, -0.05) is 31.2 Å². The molecule has 3 N–H and O–H groups in total. The molecule has 0 spiro atoms. The van der Waals surface area contributed by atoms with Crippen molar-refractivity contribution < 1.29 is 9.00 Å². The summed E-state index contributed by atoms with van der Waals surface area (Å²) in [5.74, 6) is -0.235. The summed E-state index contributed by atoms with van der Waals surface area (Å²) in [6, 6.07) is 14.1. The minimum Gasteiger partial charge on any atom is -0.325 e. The zero-order valence-electron chi connectivity index (χ0n) is 12.7. The van der Waals surface area contributed by atoms with Gasteiger partial charge in [0.05, 0.1) is 16.8 Å². The van der Waals surface area contributed by atoms with E-state index >= 15 is 0 Å². The first kappa shape index (κ1) is 16.4. The summed E-state index contributed by atoms with van der Waals surface area (Å²) in [5.41, 5.74) is 7.28. The molecule has 0 aliphatic carbocycles. The van der Waals surface area contributed by atoms with E-state index in [1.54, 1.807) is 24.3 Å². The van der Waals surface area contributed by atoms with E-state index in [1.165, 1.54) is 0 Å². The molecule has 0 radical (unpaired) electrons. The van der Waals surface area contributed by atoms with Crippen molar-refractivity contribution >= 4 is 22.4 Å². The largest absolute Gasteiger partial charge is 0.325 e. The first-order valence-corrected chi connectivity index (χ1v) is 8.31. The summed E-state index contributed by atoms with van der Waals surface area (Å²) in [7, 11) is -1.28. The summed E-state index contributed by atoms with van der Waals surface area (Å²) in [6.07, 6.45) is 0.570. The van der Waals surface area contributed by atoms with Crippen LogP contribution in [0.4, 0.5) is 5.69 Å². The first-order valence-electron chi connectivity index (χ1n) is 7.17. The van der Waals surface area contributed by atoms with Gasteiger partial charge in [-0.05, 0) is 43.2 Å². The van der Waals surface area contributed by atoms with E-state index in [9.17, 15) is 9.00 Å². The van der Waals surface area contributed by atoms with Crippen molar-refractivity contribution in [2.45, 2.75) is 36.1 Å². The Kier molecular flexibility index (Phi) is 5.46. The van der Waals surface area contributed by atoms with Gasteiger partial charge in [0.1, 0.15) is 0 Å². The van der Waals surface area contributed by atoms with Gasteiger partial charge in [0.2, 0.25) is 5.91 Å². The van der Waals surface area contributed by atoms with Crippen molar-refractivity contribution in [1.29, 1.82) is 0 Å². The smallest absolute Gasteiger partial charge is 0.241 e. The number of carbonyl (C=O) groups excluding carboxylic acids is 1. The number of amides is 1. The van der Waals surface area contributed by atoms with Gasteiger partial charge in [0.25, 0.3) is 0 Å². The summed E-state index contributed by atoms with van der Waals surface area (Å²) < 4.78 is 12.7. The molecule has 22 heavy (non-hydrogen) atoms. The molecule has 2 unspecified atom stereocenters. The number of benzene rings is 2. The molecule has 116 valence electrons. The Hall–Kier alpha value is -1.98. The molecule has 2 rings (SSSR count). The number of carbonyl (C=O) groups is 1. The standard InChI is InChI=1S/C17H20N2O2S/c1-3-15(18)17(20)19-13-8-6-9-14(11-13)22(21)16-10-5-4-7-12(16)2/h4-11,15H,3,18H2,1-2H3,(H,19,20). The number of nitrogens with two attached hydrogens (primary N) is 1. The van der Waals surface area contributed by atoms with Crippen molar-refractivity contribution in [2.75, 3.05) is 5.32 Å². The molecule has 4 nitrogen and oxygen atoms in total. The lowest BCUT2D eigenvalue weighted by Gasteiger charge is -2.11. The topological polar surface area (TPSA) is 72.2 Å². The third kappa shape index (κ3) is 3.81. The van der Waals surface area contributed by atoms with Crippen molar-refractivity contribution in [2.24, 2.45) is 5.73 Å². The monoisotopic (exact) mass is 316 g/mol. The predicted molar refractivity (Wildman–Crippen MR) is 89.2 cm³/mol.